The molecule has 0 aliphatic heterocycles. The van der Waals surface area contributed by atoms with Crippen LogP contribution in [-0.4, -0.2) is 16.3 Å². The highest BCUT2D eigenvalue weighted by Crippen LogP contribution is 2.23. The van der Waals surface area contributed by atoms with Crippen molar-refractivity contribution < 1.29 is 9.53 Å². The molecule has 90 valence electrons. The van der Waals surface area contributed by atoms with Crippen LogP contribution in [0, 0.1) is 0 Å². The van der Waals surface area contributed by atoms with Crippen LogP contribution in [0.5, 0.6) is 5.75 Å². The number of carbonyl (C=O) groups is 1. The van der Waals surface area contributed by atoms with E-state index in [4.69, 9.17) is 4.74 Å². The van der Waals surface area contributed by atoms with Crippen molar-refractivity contribution in [3.05, 3.63) is 28.6 Å². The van der Waals surface area contributed by atoms with E-state index in [-0.39, 0.29) is 0 Å². The average Bonchev–Trinajstić information content (AvgIpc) is 2.91. The summed E-state index contributed by atoms with van der Waals surface area (Å²) in [4.78, 5) is 12.7. The van der Waals surface area contributed by atoms with Gasteiger partial charge in [-0.05, 0) is 12.5 Å². The monoisotopic (exact) mass is 251 g/mol. The van der Waals surface area contributed by atoms with Crippen molar-refractivity contribution in [2.75, 3.05) is 5.32 Å². The summed E-state index contributed by atoms with van der Waals surface area (Å²) in [6.45, 7) is 2.12. The van der Waals surface area contributed by atoms with Gasteiger partial charge in [0.1, 0.15) is 5.75 Å². The fraction of sp³-hybridized carbons (Fsp3) is 0.273. The molecule has 2 aromatic rings. The minimum Gasteiger partial charge on any atom is -0.409 e. The van der Waals surface area contributed by atoms with E-state index in [0.29, 0.717) is 11.6 Å². The first kappa shape index (κ1) is 11.7. The van der Waals surface area contributed by atoms with Gasteiger partial charge in [0.2, 0.25) is 0 Å². The molecule has 0 bridgehead atoms. The van der Waals surface area contributed by atoms with Crippen molar-refractivity contribution in [2.24, 2.45) is 0 Å². The summed E-state index contributed by atoms with van der Waals surface area (Å²) in [5.74, 6) is 1.02. The number of H-pyrrole nitrogens is 1. The van der Waals surface area contributed by atoms with E-state index in [2.05, 4.69) is 22.4 Å². The molecule has 17 heavy (non-hydrogen) atoms. The topological polar surface area (TPSA) is 67.0 Å². The number of carbonyl (C=O) groups excluding carboxylic acids is 1. The smallest absolute Gasteiger partial charge is 0.409 e. The fourth-order valence-electron chi connectivity index (χ4n) is 1.36. The number of aromatic amines is 1. The van der Waals surface area contributed by atoms with Gasteiger partial charge in [-0.3, -0.25) is 10.4 Å². The number of amides is 1. The van der Waals surface area contributed by atoms with Crippen LogP contribution in [0.2, 0.25) is 0 Å². The predicted octanol–water partition coefficient (Wildman–Crippen LogP) is 3.03. The number of hydrogen-bond acceptors (Lipinski definition) is 4. The lowest BCUT2D eigenvalue weighted by Crippen LogP contribution is -2.16. The first-order valence-corrected chi connectivity index (χ1v) is 6.22. The fourth-order valence-corrected chi connectivity index (χ4v) is 2.25. The van der Waals surface area contributed by atoms with Gasteiger partial charge in [-0.2, -0.15) is 5.10 Å². The van der Waals surface area contributed by atoms with Crippen LogP contribution in [0.1, 0.15) is 18.2 Å². The molecule has 0 radical (unpaired) electrons. The van der Waals surface area contributed by atoms with Gasteiger partial charge >= 0.3 is 6.09 Å². The molecule has 0 saturated carbocycles. The third-order valence-electron chi connectivity index (χ3n) is 2.07. The van der Waals surface area contributed by atoms with E-state index >= 15 is 0 Å². The third kappa shape index (κ3) is 3.32. The summed E-state index contributed by atoms with van der Waals surface area (Å²) in [6, 6.07) is 3.54. The van der Waals surface area contributed by atoms with E-state index in [9.17, 15) is 4.79 Å². The van der Waals surface area contributed by atoms with Crippen molar-refractivity contribution in [3.8, 4) is 5.75 Å². The maximum Gasteiger partial charge on any atom is 0.418 e. The van der Waals surface area contributed by atoms with Crippen LogP contribution < -0.4 is 10.1 Å². The Hall–Kier alpha value is -1.82. The molecule has 1 amide bonds. The van der Waals surface area contributed by atoms with Crippen molar-refractivity contribution in [1.29, 1.82) is 0 Å². The van der Waals surface area contributed by atoms with Crippen molar-refractivity contribution in [2.45, 2.75) is 19.8 Å². The lowest BCUT2D eigenvalue weighted by atomic mass is 10.3. The SMILES string of the molecule is CCCc1cc(OC(=O)Nc2cc[nH]n2)cs1. The largest absolute Gasteiger partial charge is 0.418 e. The van der Waals surface area contributed by atoms with Crippen molar-refractivity contribution in [1.82, 2.24) is 10.2 Å². The zero-order chi connectivity index (χ0) is 12.1. The number of aromatic nitrogens is 2. The van der Waals surface area contributed by atoms with E-state index in [1.807, 2.05) is 11.4 Å². The van der Waals surface area contributed by atoms with Gasteiger partial charge in [0.05, 0.1) is 0 Å². The molecular formula is C11H13N3O2S. The lowest BCUT2D eigenvalue weighted by molar-refractivity contribution is 0.215. The van der Waals surface area contributed by atoms with E-state index in [1.165, 1.54) is 4.88 Å². The number of ether oxygens (including phenoxy) is 1. The second-order valence-electron chi connectivity index (χ2n) is 3.47. The molecule has 5 nitrogen and oxygen atoms in total. The van der Waals surface area contributed by atoms with Crippen LogP contribution in [0.3, 0.4) is 0 Å². The van der Waals surface area contributed by atoms with Gasteiger partial charge < -0.3 is 4.74 Å². The maximum atomic E-state index is 11.5. The molecule has 0 atom stereocenters. The summed E-state index contributed by atoms with van der Waals surface area (Å²) in [7, 11) is 0. The van der Waals surface area contributed by atoms with Gasteiger partial charge in [0.15, 0.2) is 5.82 Å². The van der Waals surface area contributed by atoms with E-state index in [0.717, 1.165) is 12.8 Å². The summed E-state index contributed by atoms with van der Waals surface area (Å²) in [5.41, 5.74) is 0. The molecule has 0 saturated heterocycles. The number of thiophene rings is 1. The Kier molecular flexibility index (Phi) is 3.77. The van der Waals surface area contributed by atoms with E-state index in [1.54, 1.807) is 23.6 Å². The minimum atomic E-state index is -0.530. The number of nitrogens with zero attached hydrogens (tertiary/aromatic N) is 1. The van der Waals surface area contributed by atoms with Gasteiger partial charge in [-0.1, -0.05) is 13.3 Å². The standard InChI is InChI=1S/C11H13N3O2S/c1-2-3-9-6-8(7-17-9)16-11(15)13-10-4-5-12-14-10/h4-7H,2-3H2,1H3,(H2,12,13,14,15). The normalized spacial score (nSPS) is 10.2. The Morgan fingerprint density at radius 1 is 1.65 bits per heavy atom. The number of aryl methyl sites for hydroxylation is 1. The van der Waals surface area contributed by atoms with Crippen molar-refractivity contribution in [3.63, 3.8) is 0 Å². The second-order valence-corrected chi connectivity index (χ2v) is 4.47. The molecule has 0 spiro atoms. The summed E-state index contributed by atoms with van der Waals surface area (Å²) < 4.78 is 5.12. The molecule has 0 aliphatic carbocycles. The van der Waals surface area contributed by atoms with Crippen LogP contribution in [0.15, 0.2) is 23.7 Å². The Morgan fingerprint density at radius 2 is 2.53 bits per heavy atom. The van der Waals surface area contributed by atoms with Gasteiger partial charge in [0.25, 0.3) is 0 Å². The maximum absolute atomic E-state index is 11.5. The van der Waals surface area contributed by atoms with Crippen LogP contribution >= 0.6 is 11.3 Å². The summed E-state index contributed by atoms with van der Waals surface area (Å²) in [6.07, 6.45) is 3.19. The molecule has 2 rings (SSSR count). The van der Waals surface area contributed by atoms with Crippen LogP contribution in [-0.2, 0) is 6.42 Å². The minimum absolute atomic E-state index is 0.444. The zero-order valence-corrected chi connectivity index (χ0v) is 10.2. The van der Waals surface area contributed by atoms with Crippen LogP contribution in [0.25, 0.3) is 0 Å². The zero-order valence-electron chi connectivity index (χ0n) is 9.40. The summed E-state index contributed by atoms with van der Waals surface area (Å²) >= 11 is 1.60. The number of nitrogens with one attached hydrogen (secondary N) is 2. The average molecular weight is 251 g/mol. The number of hydrogen-bond donors (Lipinski definition) is 2. The van der Waals surface area contributed by atoms with Crippen LogP contribution in [0.4, 0.5) is 10.6 Å². The predicted molar refractivity (Wildman–Crippen MR) is 66.5 cm³/mol. The second kappa shape index (κ2) is 5.49. The molecule has 2 aromatic heterocycles. The Morgan fingerprint density at radius 3 is 3.24 bits per heavy atom. The van der Waals surface area contributed by atoms with E-state index < -0.39 is 6.09 Å². The Bertz CT molecular complexity index is 479. The quantitative estimate of drug-likeness (QED) is 0.877. The number of rotatable bonds is 4. The molecule has 6 heteroatoms. The summed E-state index contributed by atoms with van der Waals surface area (Å²) in [5, 5.41) is 10.7. The Balaban J connectivity index is 1.89. The first-order valence-electron chi connectivity index (χ1n) is 5.34. The number of anilines is 1. The molecule has 2 heterocycles. The van der Waals surface area contributed by atoms with Gasteiger partial charge in [0, 0.05) is 22.5 Å². The molecule has 0 aromatic carbocycles. The first-order chi connectivity index (χ1) is 8.28. The lowest BCUT2D eigenvalue weighted by Gasteiger charge is -2.01. The molecule has 2 N–H and O–H groups in total. The van der Waals surface area contributed by atoms with Gasteiger partial charge in [-0.15, -0.1) is 11.3 Å². The molecule has 0 aliphatic rings. The van der Waals surface area contributed by atoms with Gasteiger partial charge in [-0.25, -0.2) is 4.79 Å². The highest BCUT2D eigenvalue weighted by atomic mass is 32.1. The highest BCUT2D eigenvalue weighted by molar-refractivity contribution is 7.10. The molecule has 0 unspecified atom stereocenters. The molecule has 0 fully saturated rings. The van der Waals surface area contributed by atoms with Crippen molar-refractivity contribution >= 4 is 23.2 Å². The third-order valence-corrected chi connectivity index (χ3v) is 3.04. The molecular weight excluding hydrogens is 238 g/mol. The highest BCUT2D eigenvalue weighted by Gasteiger charge is 2.07. The Labute approximate surface area is 103 Å².